The summed E-state index contributed by atoms with van der Waals surface area (Å²) in [5, 5.41) is 52.9. The topological polar surface area (TPSA) is 98.4 Å². The van der Waals surface area contributed by atoms with Gasteiger partial charge in [0.15, 0.2) is 12.1 Å². The number of nitrogens with zero attached hydrogens (tertiary/aromatic N) is 4. The predicted molar refractivity (Wildman–Crippen MR) is 233 cm³/mol. The fourth-order valence-corrected chi connectivity index (χ4v) is 10.5. The van der Waals surface area contributed by atoms with Crippen LogP contribution in [0, 0.1) is 54.9 Å². The molecule has 0 saturated heterocycles. The number of hydroxylamine groups is 6. The Morgan fingerprint density at radius 1 is 0.578 bits per heavy atom. The van der Waals surface area contributed by atoms with Crippen molar-refractivity contribution >= 4 is 45.5 Å². The van der Waals surface area contributed by atoms with Crippen molar-refractivity contribution in [2.24, 2.45) is 0 Å². The van der Waals surface area contributed by atoms with E-state index in [4.69, 9.17) is 0 Å². The van der Waals surface area contributed by atoms with E-state index in [1.807, 2.05) is 0 Å². The van der Waals surface area contributed by atoms with E-state index in [-0.39, 0.29) is 54.1 Å². The summed E-state index contributed by atoms with van der Waals surface area (Å²) in [5.74, 6) is -5.52. The van der Waals surface area contributed by atoms with Gasteiger partial charge in [-0.05, 0) is 107 Å². The van der Waals surface area contributed by atoms with Gasteiger partial charge in [0.25, 0.3) is 0 Å². The quantitative estimate of drug-likeness (QED) is 0.0759. The van der Waals surface area contributed by atoms with Gasteiger partial charge in [-0.15, -0.1) is 22.7 Å². The van der Waals surface area contributed by atoms with E-state index >= 15 is 26.3 Å². The molecule has 0 saturated carbocycles. The summed E-state index contributed by atoms with van der Waals surface area (Å²) < 4.78 is 99.3. The van der Waals surface area contributed by atoms with E-state index in [1.54, 1.807) is 76.2 Å². The minimum absolute atomic E-state index is 0.0449. The van der Waals surface area contributed by atoms with Crippen LogP contribution < -0.4 is 0 Å². The van der Waals surface area contributed by atoms with Gasteiger partial charge in [-0.3, -0.25) is 9.48 Å². The Kier molecular flexibility index (Phi) is 11.1. The summed E-state index contributed by atoms with van der Waals surface area (Å²) in [6.07, 6.45) is 0. The van der Waals surface area contributed by atoms with Gasteiger partial charge in [0.2, 0.25) is 0 Å². The molecule has 64 heavy (non-hydrogen) atoms. The SMILES string of the molecule is Cc1sc(-c2ccccc2)c(C)c1C1=C(c2c(C#Cc3cccc(C4=[N+]([O-])C(C)C(C)N4[O])c3)sc(C#Cc3cccc(C4=[N+]([O-])C(C)C(C)N4[O])c3)c2C)C(F)(F)C(F)(F)C1(F)F. The average Bonchev–Trinajstić information content (AvgIpc) is 3.89. The Bertz CT molecular complexity index is 2970. The number of amidine groups is 2. The van der Waals surface area contributed by atoms with Gasteiger partial charge in [-0.25, -0.2) is 0 Å². The molecule has 0 amide bonds. The second kappa shape index (κ2) is 15.9. The average molecular weight is 913 g/mol. The first-order chi connectivity index (χ1) is 30.1. The maximum Gasteiger partial charge on any atom is 0.380 e. The Morgan fingerprint density at radius 2 is 1.03 bits per heavy atom. The number of halogens is 6. The van der Waals surface area contributed by atoms with Crippen molar-refractivity contribution in [2.75, 3.05) is 0 Å². The zero-order valence-corrected chi connectivity index (χ0v) is 37.0. The molecule has 3 aromatic carbocycles. The van der Waals surface area contributed by atoms with Gasteiger partial charge in [0.1, 0.15) is 12.1 Å². The van der Waals surface area contributed by atoms with E-state index in [1.165, 1.54) is 51.1 Å². The lowest BCUT2D eigenvalue weighted by Crippen LogP contribution is -2.49. The third-order valence-corrected chi connectivity index (χ3v) is 14.6. The van der Waals surface area contributed by atoms with Gasteiger partial charge in [-0.1, -0.05) is 70.4 Å². The minimum atomic E-state index is -5.86. The van der Waals surface area contributed by atoms with Crippen LogP contribution >= 0.6 is 22.7 Å². The fourth-order valence-electron chi connectivity index (χ4n) is 8.29. The molecule has 2 aliphatic heterocycles. The normalized spacial score (nSPS) is 22.3. The van der Waals surface area contributed by atoms with Crippen LogP contribution in [0.15, 0.2) is 78.9 Å². The Balaban J connectivity index is 1.35. The van der Waals surface area contributed by atoms with Gasteiger partial charge in [0, 0.05) is 53.6 Å². The maximum absolute atomic E-state index is 16.7. The smallest absolute Gasteiger partial charge is 0.380 e. The first kappa shape index (κ1) is 44.6. The highest BCUT2D eigenvalue weighted by molar-refractivity contribution is 7.16. The van der Waals surface area contributed by atoms with Crippen molar-refractivity contribution in [3.05, 3.63) is 148 Å². The Hall–Kier alpha value is -6.04. The number of thiophene rings is 2. The molecule has 0 spiro atoms. The van der Waals surface area contributed by atoms with Crippen molar-refractivity contribution in [3.63, 3.8) is 0 Å². The van der Waals surface area contributed by atoms with Crippen LogP contribution in [0.4, 0.5) is 26.3 Å². The highest BCUT2D eigenvalue weighted by Gasteiger charge is 2.80. The molecule has 4 atom stereocenters. The van der Waals surface area contributed by atoms with Crippen LogP contribution in [0.25, 0.3) is 21.6 Å². The van der Waals surface area contributed by atoms with Gasteiger partial charge in [-0.2, -0.15) is 26.3 Å². The molecule has 4 heterocycles. The summed E-state index contributed by atoms with van der Waals surface area (Å²) in [4.78, 5) is 0.348. The predicted octanol–water partition coefficient (Wildman–Crippen LogP) is 10.4. The molecule has 0 bridgehead atoms. The minimum Gasteiger partial charge on any atom is -0.715 e. The van der Waals surface area contributed by atoms with Crippen LogP contribution in [0.5, 0.6) is 0 Å². The van der Waals surface area contributed by atoms with Crippen molar-refractivity contribution in [2.45, 2.75) is 90.4 Å². The van der Waals surface area contributed by atoms with E-state index in [0.29, 0.717) is 35.6 Å². The van der Waals surface area contributed by atoms with Gasteiger partial charge in [0.05, 0.1) is 20.9 Å². The number of rotatable bonds is 5. The third-order valence-electron chi connectivity index (χ3n) is 12.3. The van der Waals surface area contributed by atoms with Gasteiger partial charge >= 0.3 is 29.4 Å². The molecule has 1 aliphatic carbocycles. The molecule has 2 aromatic heterocycles. The largest absolute Gasteiger partial charge is 0.715 e. The molecule has 4 unspecified atom stereocenters. The summed E-state index contributed by atoms with van der Waals surface area (Å²) >= 11 is 1.76. The first-order valence-corrected chi connectivity index (χ1v) is 21.8. The van der Waals surface area contributed by atoms with Crippen molar-refractivity contribution < 1.29 is 46.2 Å². The standard InChI is InChI=1S/C48H38F6N4O4S2/c1-25-37(21-19-32-13-11-17-35(23-32)44-55(59)27(3)28(4)56(44)60)64-38(22-20-33-14-12-18-36(24-33)45-57(61)29(5)30(6)58(45)62)40(25)42-41(46(49,50)48(53,54)47(42,51)52)39-26(2)43(63-31(39)7)34-15-9-8-10-16-34/h8-18,23-24,27-30H,1-7H3. The fraction of sp³-hybridized carbons (Fsp3) is 0.292. The van der Waals surface area contributed by atoms with Crippen LogP contribution in [-0.2, 0) is 10.4 Å². The summed E-state index contributed by atoms with van der Waals surface area (Å²) in [6.45, 7) is 10.6. The third kappa shape index (κ3) is 6.77. The lowest BCUT2D eigenvalue weighted by atomic mass is 9.90. The molecular weight excluding hydrogens is 875 g/mol. The molecule has 3 aliphatic rings. The Labute approximate surface area is 373 Å². The van der Waals surface area contributed by atoms with Crippen LogP contribution in [0.3, 0.4) is 0 Å². The number of alkyl halides is 6. The highest BCUT2D eigenvalue weighted by atomic mass is 32.1. The van der Waals surface area contributed by atoms with Crippen molar-refractivity contribution in [3.8, 4) is 34.1 Å². The van der Waals surface area contributed by atoms with Gasteiger partial charge < -0.3 is 10.4 Å². The van der Waals surface area contributed by atoms with E-state index in [0.717, 1.165) is 22.7 Å². The van der Waals surface area contributed by atoms with E-state index < -0.39 is 64.2 Å². The lowest BCUT2D eigenvalue weighted by Gasteiger charge is -2.26. The number of hydrogen-bond donors (Lipinski definition) is 0. The number of hydrogen-bond acceptors (Lipinski definition) is 6. The molecule has 0 N–H and O–H groups in total. The second-order valence-electron chi connectivity index (χ2n) is 16.2. The molecule has 0 fully saturated rings. The number of allylic oxidation sites excluding steroid dienone is 2. The molecular formula is C48H38F6N4O4S2. The number of aryl methyl sites for hydroxylation is 1. The Morgan fingerprint density at radius 3 is 1.50 bits per heavy atom. The second-order valence-corrected chi connectivity index (χ2v) is 18.4. The summed E-state index contributed by atoms with van der Waals surface area (Å²) in [5.41, 5.74) is -2.55. The van der Waals surface area contributed by atoms with E-state index in [9.17, 15) is 20.8 Å². The lowest BCUT2D eigenvalue weighted by molar-refractivity contribution is -0.488. The zero-order chi connectivity index (χ0) is 46.4. The molecule has 2 radical (unpaired) electrons. The maximum atomic E-state index is 16.7. The zero-order valence-electron chi connectivity index (χ0n) is 35.3. The monoisotopic (exact) mass is 912 g/mol. The highest BCUT2D eigenvalue weighted by Crippen LogP contribution is 2.67. The van der Waals surface area contributed by atoms with E-state index in [2.05, 4.69) is 23.7 Å². The van der Waals surface area contributed by atoms with Crippen molar-refractivity contribution in [1.82, 2.24) is 10.1 Å². The molecule has 8 nitrogen and oxygen atoms in total. The molecule has 328 valence electrons. The van der Waals surface area contributed by atoms with Crippen LogP contribution in [0.1, 0.15) is 86.8 Å². The van der Waals surface area contributed by atoms with Crippen LogP contribution in [0.2, 0.25) is 0 Å². The van der Waals surface area contributed by atoms with Crippen LogP contribution in [-0.4, -0.2) is 73.2 Å². The molecule has 8 rings (SSSR count). The summed E-state index contributed by atoms with van der Waals surface area (Å²) in [7, 11) is 0. The van der Waals surface area contributed by atoms with Crippen molar-refractivity contribution in [1.29, 1.82) is 0 Å². The molecule has 5 aromatic rings. The first-order valence-electron chi connectivity index (χ1n) is 20.1. The summed E-state index contributed by atoms with van der Waals surface area (Å²) in [6, 6.07) is 18.2. The molecule has 16 heteroatoms. The number of benzene rings is 3.